The Morgan fingerprint density at radius 1 is 1.29 bits per heavy atom. The van der Waals surface area contributed by atoms with Crippen LogP contribution in [0.2, 0.25) is 0 Å². The Kier molecular flexibility index (Phi) is 6.53. The average Bonchev–Trinajstić information content (AvgIpc) is 3.03. The lowest BCUT2D eigenvalue weighted by atomic mass is 10.00. The Labute approximate surface area is 180 Å². The highest BCUT2D eigenvalue weighted by Crippen LogP contribution is 2.30. The second-order valence-corrected chi connectivity index (χ2v) is 7.44. The summed E-state index contributed by atoms with van der Waals surface area (Å²) >= 11 is 0. The minimum absolute atomic E-state index is 0.124. The minimum atomic E-state index is -0.441. The highest BCUT2D eigenvalue weighted by Gasteiger charge is 2.20. The number of hydrogen-bond donors (Lipinski definition) is 1. The van der Waals surface area contributed by atoms with Gasteiger partial charge in [-0.15, -0.1) is 5.10 Å². The van der Waals surface area contributed by atoms with Crippen molar-refractivity contribution in [2.75, 3.05) is 26.0 Å². The number of pyridine rings is 1. The molecule has 0 radical (unpaired) electrons. The summed E-state index contributed by atoms with van der Waals surface area (Å²) in [4.78, 5) is 30.8. The number of ether oxygens (including phenoxy) is 1. The number of fused-ring (bicyclic) bond motifs is 1. The summed E-state index contributed by atoms with van der Waals surface area (Å²) in [7, 11) is 4.94. The Morgan fingerprint density at radius 2 is 2.03 bits per heavy atom. The van der Waals surface area contributed by atoms with Crippen molar-refractivity contribution in [2.24, 2.45) is 7.05 Å². The predicted molar refractivity (Wildman–Crippen MR) is 116 cm³/mol. The number of aromatic nitrogens is 3. The fraction of sp³-hybridized carbons (Fsp3) is 0.364. The van der Waals surface area contributed by atoms with Crippen molar-refractivity contribution in [3.8, 4) is 5.88 Å². The summed E-state index contributed by atoms with van der Waals surface area (Å²) < 4.78 is 20.3. The van der Waals surface area contributed by atoms with Gasteiger partial charge in [0.1, 0.15) is 5.82 Å². The number of aryl methyl sites for hydroxylation is 3. The van der Waals surface area contributed by atoms with E-state index in [1.807, 2.05) is 20.9 Å². The molecule has 0 atom stereocenters. The molecule has 1 N–H and O–H groups in total. The van der Waals surface area contributed by atoms with Gasteiger partial charge in [-0.2, -0.15) is 0 Å². The van der Waals surface area contributed by atoms with Gasteiger partial charge in [0.2, 0.25) is 17.7 Å². The third kappa shape index (κ3) is 4.82. The van der Waals surface area contributed by atoms with Crippen molar-refractivity contribution in [3.05, 3.63) is 46.9 Å². The zero-order valence-electron chi connectivity index (χ0n) is 18.3. The summed E-state index contributed by atoms with van der Waals surface area (Å²) in [6.45, 7) is 3.75. The molecule has 2 heterocycles. The second-order valence-electron chi connectivity index (χ2n) is 7.44. The Hall–Kier alpha value is -3.49. The summed E-state index contributed by atoms with van der Waals surface area (Å²) in [5.41, 5.74) is 3.85. The van der Waals surface area contributed by atoms with Gasteiger partial charge in [-0.05, 0) is 49.6 Å². The fourth-order valence-electron chi connectivity index (χ4n) is 3.60. The van der Waals surface area contributed by atoms with Crippen molar-refractivity contribution >= 4 is 28.5 Å². The van der Waals surface area contributed by atoms with Crippen LogP contribution in [0.25, 0.3) is 11.0 Å². The molecular weight excluding hydrogens is 401 g/mol. The number of halogens is 1. The number of nitrogens with one attached hydrogen (secondary N) is 1. The van der Waals surface area contributed by atoms with Crippen molar-refractivity contribution < 1.29 is 18.7 Å². The van der Waals surface area contributed by atoms with Gasteiger partial charge in [0.15, 0.2) is 5.65 Å². The summed E-state index contributed by atoms with van der Waals surface area (Å²) in [5, 5.41) is 7.76. The van der Waals surface area contributed by atoms with E-state index in [-0.39, 0.29) is 18.9 Å². The number of benzene rings is 1. The van der Waals surface area contributed by atoms with Crippen LogP contribution in [-0.4, -0.2) is 52.2 Å². The van der Waals surface area contributed by atoms with Crippen molar-refractivity contribution in [2.45, 2.75) is 26.7 Å². The first-order chi connectivity index (χ1) is 14.7. The first-order valence-electron chi connectivity index (χ1n) is 9.87. The van der Waals surface area contributed by atoms with Crippen molar-refractivity contribution in [1.82, 2.24) is 19.7 Å². The highest BCUT2D eigenvalue weighted by atomic mass is 19.1. The number of nitrogens with zero attached hydrogens (tertiary/aromatic N) is 4. The molecule has 8 nitrogen and oxygen atoms in total. The van der Waals surface area contributed by atoms with Gasteiger partial charge < -0.3 is 15.0 Å². The maximum atomic E-state index is 13.2. The lowest BCUT2D eigenvalue weighted by molar-refractivity contribution is -0.133. The molecular formula is C22H26FN5O3. The Bertz CT molecular complexity index is 1140. The monoisotopic (exact) mass is 427 g/mol. The topological polar surface area (TPSA) is 89.3 Å². The van der Waals surface area contributed by atoms with Crippen LogP contribution in [0.5, 0.6) is 5.88 Å². The standard InChI is InChI=1S/C22H26FN5O3/c1-13-17(14(2)24-21-20(13)22(31-5)26-28(21)4)9-10-19(30)27(3)12-18(29)25-16-8-6-7-15(23)11-16/h6-8,11H,9-10,12H2,1-5H3,(H,25,29). The zero-order chi connectivity index (χ0) is 22.7. The normalized spacial score (nSPS) is 10.9. The Morgan fingerprint density at radius 3 is 2.71 bits per heavy atom. The number of amides is 2. The number of likely N-dealkylation sites (N-methyl/N-ethyl adjacent to an activating group) is 1. The van der Waals surface area contributed by atoms with Crippen LogP contribution in [0.3, 0.4) is 0 Å². The number of carbonyl (C=O) groups is 2. The highest BCUT2D eigenvalue weighted by molar-refractivity contribution is 5.94. The molecule has 9 heteroatoms. The van der Waals surface area contributed by atoms with Crippen LogP contribution in [0.15, 0.2) is 24.3 Å². The molecule has 31 heavy (non-hydrogen) atoms. The van der Waals surface area contributed by atoms with Gasteiger partial charge in [0, 0.05) is 31.9 Å². The van der Waals surface area contributed by atoms with E-state index in [2.05, 4.69) is 15.4 Å². The van der Waals surface area contributed by atoms with Gasteiger partial charge in [-0.1, -0.05) is 6.07 Å². The number of carbonyl (C=O) groups excluding carboxylic acids is 2. The van der Waals surface area contributed by atoms with E-state index in [1.54, 1.807) is 24.9 Å². The Balaban J connectivity index is 1.66. The molecule has 0 aliphatic carbocycles. The third-order valence-corrected chi connectivity index (χ3v) is 5.22. The molecule has 0 unspecified atom stereocenters. The molecule has 164 valence electrons. The molecule has 2 aromatic heterocycles. The van der Waals surface area contributed by atoms with Crippen molar-refractivity contribution in [1.29, 1.82) is 0 Å². The molecule has 0 fully saturated rings. The van der Waals surface area contributed by atoms with E-state index < -0.39 is 11.7 Å². The van der Waals surface area contributed by atoms with E-state index in [9.17, 15) is 14.0 Å². The minimum Gasteiger partial charge on any atom is -0.479 e. The van der Waals surface area contributed by atoms with Crippen LogP contribution in [0, 0.1) is 19.7 Å². The number of anilines is 1. The van der Waals surface area contributed by atoms with E-state index in [4.69, 9.17) is 4.74 Å². The molecule has 0 saturated heterocycles. The molecule has 0 aliphatic heterocycles. The predicted octanol–water partition coefficient (Wildman–Crippen LogP) is 2.76. The molecule has 3 rings (SSSR count). The van der Waals surface area contributed by atoms with Crippen LogP contribution in [-0.2, 0) is 23.1 Å². The molecule has 3 aromatic rings. The second kappa shape index (κ2) is 9.11. The summed E-state index contributed by atoms with van der Waals surface area (Å²) in [5.74, 6) is -0.506. The molecule has 0 aliphatic rings. The first kappa shape index (κ1) is 22.2. The molecule has 0 bridgehead atoms. The number of rotatable bonds is 7. The van der Waals surface area contributed by atoms with Gasteiger partial charge in [-0.3, -0.25) is 9.59 Å². The quantitative estimate of drug-likeness (QED) is 0.626. The van der Waals surface area contributed by atoms with Crippen LogP contribution in [0.1, 0.15) is 23.2 Å². The van der Waals surface area contributed by atoms with E-state index in [1.165, 1.54) is 23.1 Å². The smallest absolute Gasteiger partial charge is 0.243 e. The average molecular weight is 427 g/mol. The molecule has 0 spiro atoms. The molecule has 2 amide bonds. The third-order valence-electron chi connectivity index (χ3n) is 5.22. The van der Waals surface area contributed by atoms with Crippen LogP contribution >= 0.6 is 0 Å². The lowest BCUT2D eigenvalue weighted by Gasteiger charge is -2.18. The van der Waals surface area contributed by atoms with Crippen molar-refractivity contribution in [3.63, 3.8) is 0 Å². The van der Waals surface area contributed by atoms with E-state index in [0.29, 0.717) is 18.0 Å². The van der Waals surface area contributed by atoms with Crippen LogP contribution in [0.4, 0.5) is 10.1 Å². The van der Waals surface area contributed by atoms with Crippen LogP contribution < -0.4 is 10.1 Å². The SMILES string of the molecule is COc1nn(C)c2nc(C)c(CCC(=O)N(C)CC(=O)Nc3cccc(F)c3)c(C)c12. The summed E-state index contributed by atoms with van der Waals surface area (Å²) in [6.07, 6.45) is 0.703. The maximum absolute atomic E-state index is 13.2. The van der Waals surface area contributed by atoms with Gasteiger partial charge >= 0.3 is 0 Å². The van der Waals surface area contributed by atoms with Gasteiger partial charge in [0.05, 0.1) is 19.0 Å². The van der Waals surface area contributed by atoms with Gasteiger partial charge in [0.25, 0.3) is 0 Å². The first-order valence-corrected chi connectivity index (χ1v) is 9.87. The van der Waals surface area contributed by atoms with E-state index in [0.717, 1.165) is 27.9 Å². The number of hydrogen-bond acceptors (Lipinski definition) is 5. The molecule has 0 saturated carbocycles. The fourth-order valence-corrected chi connectivity index (χ4v) is 3.60. The zero-order valence-corrected chi connectivity index (χ0v) is 18.3. The van der Waals surface area contributed by atoms with E-state index >= 15 is 0 Å². The molecule has 1 aromatic carbocycles. The lowest BCUT2D eigenvalue weighted by Crippen LogP contribution is -2.35. The van der Waals surface area contributed by atoms with Gasteiger partial charge in [-0.25, -0.2) is 14.1 Å². The largest absolute Gasteiger partial charge is 0.479 e. The number of methoxy groups -OCH3 is 1. The summed E-state index contributed by atoms with van der Waals surface area (Å²) in [6, 6.07) is 5.61. The maximum Gasteiger partial charge on any atom is 0.243 e.